The zero-order chi connectivity index (χ0) is 10.6. The summed E-state index contributed by atoms with van der Waals surface area (Å²) in [6, 6.07) is 10.8. The Morgan fingerprint density at radius 3 is 2.14 bits per heavy atom. The molecular weight excluding hydrogens is 184 g/mol. The van der Waals surface area contributed by atoms with Crippen LogP contribution < -0.4 is 0 Å². The molecule has 78 valence electrons. The van der Waals surface area contributed by atoms with E-state index in [2.05, 4.69) is 56.9 Å². The second kappa shape index (κ2) is 4.79. The van der Waals surface area contributed by atoms with Crippen LogP contribution in [0.15, 0.2) is 30.3 Å². The molecule has 14 heavy (non-hydrogen) atoms. The first-order valence-electron chi connectivity index (χ1n) is 5.54. The zero-order valence-corrected chi connectivity index (χ0v) is 10.9. The van der Waals surface area contributed by atoms with E-state index in [1.807, 2.05) is 0 Å². The van der Waals surface area contributed by atoms with Gasteiger partial charge >= 0.3 is 0 Å². The fourth-order valence-corrected chi connectivity index (χ4v) is 2.47. The molecule has 0 unspecified atom stereocenters. The van der Waals surface area contributed by atoms with Crippen LogP contribution in [0.25, 0.3) is 0 Å². The Bertz CT molecular complexity index is 258. The van der Waals surface area contributed by atoms with Gasteiger partial charge in [-0.05, 0) is 23.9 Å². The van der Waals surface area contributed by atoms with E-state index in [-0.39, 0.29) is 0 Å². The van der Waals surface area contributed by atoms with Crippen LogP contribution in [0.1, 0.15) is 18.9 Å². The summed E-state index contributed by atoms with van der Waals surface area (Å²) in [5, 5.41) is 0. The van der Waals surface area contributed by atoms with Crippen LogP contribution in [-0.2, 0) is 6.42 Å². The Morgan fingerprint density at radius 1 is 1.07 bits per heavy atom. The molecule has 1 rings (SSSR count). The van der Waals surface area contributed by atoms with Gasteiger partial charge in [-0.2, -0.15) is 0 Å². The van der Waals surface area contributed by atoms with Crippen molar-refractivity contribution < 1.29 is 0 Å². The van der Waals surface area contributed by atoms with E-state index in [1.54, 1.807) is 0 Å². The highest BCUT2D eigenvalue weighted by Crippen LogP contribution is 2.25. The number of aryl methyl sites for hydroxylation is 1. The molecule has 0 aliphatic rings. The van der Waals surface area contributed by atoms with E-state index in [0.29, 0.717) is 0 Å². The van der Waals surface area contributed by atoms with Crippen LogP contribution in [0, 0.1) is 0 Å². The minimum atomic E-state index is -0.914. The molecule has 0 nitrogen and oxygen atoms in total. The van der Waals surface area contributed by atoms with Crippen molar-refractivity contribution in [1.29, 1.82) is 0 Å². The van der Waals surface area contributed by atoms with Crippen LogP contribution >= 0.6 is 0 Å². The average Bonchev–Trinajstić information content (AvgIpc) is 2.14. The smallest absolute Gasteiger partial charge is 0.0471 e. The van der Waals surface area contributed by atoms with Gasteiger partial charge in [0.25, 0.3) is 0 Å². The highest BCUT2D eigenvalue weighted by Gasteiger charge is 2.21. The van der Waals surface area contributed by atoms with Crippen molar-refractivity contribution in [1.82, 2.24) is 0 Å². The first-order valence-corrected chi connectivity index (χ1v) is 9.12. The van der Waals surface area contributed by atoms with Gasteiger partial charge < -0.3 is 0 Å². The first kappa shape index (κ1) is 11.5. The molecule has 1 aromatic carbocycles. The van der Waals surface area contributed by atoms with Gasteiger partial charge in [0.2, 0.25) is 0 Å². The lowest BCUT2D eigenvalue weighted by Crippen LogP contribution is -2.26. The molecule has 0 saturated heterocycles. The number of rotatable bonds is 4. The van der Waals surface area contributed by atoms with Gasteiger partial charge in [-0.25, -0.2) is 0 Å². The maximum atomic E-state index is 2.46. The molecule has 0 fully saturated rings. The van der Waals surface area contributed by atoms with E-state index >= 15 is 0 Å². The molecule has 0 radical (unpaired) electrons. The lowest BCUT2D eigenvalue weighted by Gasteiger charge is -2.25. The molecule has 0 N–H and O–H groups in total. The molecule has 0 aliphatic heterocycles. The topological polar surface area (TPSA) is 0 Å². The lowest BCUT2D eigenvalue weighted by atomic mass is 10.1. The molecule has 0 bridgehead atoms. The third-order valence-electron chi connectivity index (χ3n) is 3.19. The molecule has 0 saturated carbocycles. The van der Waals surface area contributed by atoms with Gasteiger partial charge in [-0.15, -0.1) is 0 Å². The minimum absolute atomic E-state index is 0.914. The van der Waals surface area contributed by atoms with Crippen LogP contribution in [0.3, 0.4) is 0 Å². The zero-order valence-electron chi connectivity index (χ0n) is 9.88. The van der Waals surface area contributed by atoms with Crippen molar-refractivity contribution in [2.24, 2.45) is 0 Å². The first-order chi connectivity index (χ1) is 6.50. The third-order valence-corrected chi connectivity index (χ3v) is 6.43. The highest BCUT2D eigenvalue weighted by molar-refractivity contribution is 6.77. The van der Waals surface area contributed by atoms with Crippen LogP contribution in [0.5, 0.6) is 0 Å². The third kappa shape index (κ3) is 3.67. The maximum absolute atomic E-state index is 2.46. The number of hydrogen-bond acceptors (Lipinski definition) is 0. The number of hydrogen-bond donors (Lipinski definition) is 0. The normalized spacial score (nSPS) is 14.0. The SMILES string of the molecule is C[C@H](CCc1ccccc1)[Si](C)(C)C. The molecule has 0 heterocycles. The molecule has 0 aliphatic carbocycles. The monoisotopic (exact) mass is 206 g/mol. The standard InChI is InChI=1S/C13H22Si/c1-12(14(2,3)4)10-11-13-8-6-5-7-9-13/h5-9,12H,10-11H2,1-4H3/t12-/m1/s1. The Morgan fingerprint density at radius 2 is 1.64 bits per heavy atom. The van der Waals surface area contributed by atoms with Crippen LogP contribution in [-0.4, -0.2) is 8.07 Å². The summed E-state index contributed by atoms with van der Waals surface area (Å²) in [5.74, 6) is 0. The Labute approximate surface area is 89.4 Å². The summed E-state index contributed by atoms with van der Waals surface area (Å²) in [4.78, 5) is 0. The minimum Gasteiger partial charge on any atom is -0.0694 e. The van der Waals surface area contributed by atoms with Gasteiger partial charge in [-0.3, -0.25) is 0 Å². The van der Waals surface area contributed by atoms with E-state index in [4.69, 9.17) is 0 Å². The lowest BCUT2D eigenvalue weighted by molar-refractivity contribution is 0.766. The largest absolute Gasteiger partial charge is 0.0694 e. The van der Waals surface area contributed by atoms with Gasteiger partial charge in [0.1, 0.15) is 0 Å². The average molecular weight is 206 g/mol. The number of benzene rings is 1. The highest BCUT2D eigenvalue weighted by atomic mass is 28.3. The molecule has 0 aromatic heterocycles. The van der Waals surface area contributed by atoms with Crippen molar-refractivity contribution in [3.8, 4) is 0 Å². The summed E-state index contributed by atoms with van der Waals surface area (Å²) in [6.07, 6.45) is 2.59. The molecule has 1 atom stereocenters. The van der Waals surface area contributed by atoms with Crippen molar-refractivity contribution in [3.05, 3.63) is 35.9 Å². The molecule has 1 aromatic rings. The summed E-state index contributed by atoms with van der Waals surface area (Å²) in [7, 11) is -0.914. The Hall–Kier alpha value is -0.563. The molecular formula is C13H22Si. The second-order valence-electron chi connectivity index (χ2n) is 5.29. The van der Waals surface area contributed by atoms with E-state index < -0.39 is 8.07 Å². The Kier molecular flexibility index (Phi) is 3.94. The molecule has 1 heteroatoms. The van der Waals surface area contributed by atoms with Crippen LogP contribution in [0.2, 0.25) is 25.2 Å². The van der Waals surface area contributed by atoms with Crippen molar-refractivity contribution in [3.63, 3.8) is 0 Å². The summed E-state index contributed by atoms with van der Waals surface area (Å²) < 4.78 is 0. The molecule has 0 spiro atoms. The predicted octanol–water partition coefficient (Wildman–Crippen LogP) is 4.35. The fraction of sp³-hybridized carbons (Fsp3) is 0.538. The summed E-state index contributed by atoms with van der Waals surface area (Å²) in [5.41, 5.74) is 2.40. The van der Waals surface area contributed by atoms with E-state index in [9.17, 15) is 0 Å². The fourth-order valence-electron chi connectivity index (χ4n) is 1.46. The molecule has 0 amide bonds. The Balaban J connectivity index is 2.42. The van der Waals surface area contributed by atoms with Gasteiger partial charge in [0.15, 0.2) is 0 Å². The summed E-state index contributed by atoms with van der Waals surface area (Å²) in [6.45, 7) is 9.79. The van der Waals surface area contributed by atoms with Gasteiger partial charge in [0.05, 0.1) is 0 Å². The van der Waals surface area contributed by atoms with Crippen molar-refractivity contribution >= 4 is 8.07 Å². The quantitative estimate of drug-likeness (QED) is 0.643. The predicted molar refractivity (Wildman–Crippen MR) is 67.5 cm³/mol. The van der Waals surface area contributed by atoms with Crippen molar-refractivity contribution in [2.45, 2.75) is 44.9 Å². The maximum Gasteiger partial charge on any atom is 0.0471 e. The van der Waals surface area contributed by atoms with Gasteiger partial charge in [0, 0.05) is 8.07 Å². The van der Waals surface area contributed by atoms with E-state index in [1.165, 1.54) is 18.4 Å². The summed E-state index contributed by atoms with van der Waals surface area (Å²) >= 11 is 0. The second-order valence-corrected chi connectivity index (χ2v) is 11.0. The van der Waals surface area contributed by atoms with Crippen molar-refractivity contribution in [2.75, 3.05) is 0 Å². The van der Waals surface area contributed by atoms with E-state index in [0.717, 1.165) is 5.54 Å². The van der Waals surface area contributed by atoms with Crippen LogP contribution in [0.4, 0.5) is 0 Å². The van der Waals surface area contributed by atoms with Gasteiger partial charge in [-0.1, -0.05) is 56.9 Å².